The molecule has 33 heavy (non-hydrogen) atoms. The first-order valence-corrected chi connectivity index (χ1v) is 11.1. The van der Waals surface area contributed by atoms with Gasteiger partial charge in [-0.05, 0) is 45.5 Å². The summed E-state index contributed by atoms with van der Waals surface area (Å²) in [6, 6.07) is 5.99. The summed E-state index contributed by atoms with van der Waals surface area (Å²) in [5.74, 6) is 1.20. The number of likely N-dealkylation sites (N-methyl/N-ethyl adjacent to an activating group) is 1. The van der Waals surface area contributed by atoms with Crippen molar-refractivity contribution < 1.29 is 9.53 Å². The Morgan fingerprint density at radius 2 is 2.15 bits per heavy atom. The number of fused-ring (bicyclic) bond motifs is 1. The normalized spacial score (nSPS) is 16.4. The van der Waals surface area contributed by atoms with E-state index in [-0.39, 0.29) is 11.9 Å². The van der Waals surface area contributed by atoms with Gasteiger partial charge in [0.2, 0.25) is 5.91 Å². The monoisotopic (exact) mass is 449 g/mol. The maximum atomic E-state index is 12.8. The average molecular weight is 450 g/mol. The molecule has 9 heteroatoms. The molecule has 3 heterocycles. The highest BCUT2D eigenvalue weighted by Crippen LogP contribution is 2.33. The molecule has 0 saturated carbocycles. The summed E-state index contributed by atoms with van der Waals surface area (Å²) in [5.41, 5.74) is 9.56. The van der Waals surface area contributed by atoms with Crippen LogP contribution < -0.4 is 10.5 Å². The third kappa shape index (κ3) is 4.68. The third-order valence-corrected chi connectivity index (χ3v) is 6.01. The number of nitrogen functional groups attached to an aromatic ring is 1. The SMILES string of the molecule is COc1cc(-c2nn(C[C@@H]3CCCN3C(=O)/C=C/CN(C)C)c3ncnc(N)c23)ccc1C. The molecule has 4 rings (SSSR count). The van der Waals surface area contributed by atoms with Gasteiger partial charge >= 0.3 is 0 Å². The largest absolute Gasteiger partial charge is 0.496 e. The van der Waals surface area contributed by atoms with Crippen LogP contribution in [0.2, 0.25) is 0 Å². The molecule has 1 aromatic carbocycles. The summed E-state index contributed by atoms with van der Waals surface area (Å²) in [6.45, 7) is 4.01. The smallest absolute Gasteiger partial charge is 0.246 e. The number of carbonyl (C=O) groups is 1. The number of likely N-dealkylation sites (tertiary alicyclic amines) is 1. The van der Waals surface area contributed by atoms with Crippen molar-refractivity contribution in [3.05, 3.63) is 42.2 Å². The Morgan fingerprint density at radius 1 is 1.33 bits per heavy atom. The van der Waals surface area contributed by atoms with Crippen LogP contribution in [-0.2, 0) is 11.3 Å². The predicted octanol–water partition coefficient (Wildman–Crippen LogP) is 2.50. The molecule has 1 saturated heterocycles. The Morgan fingerprint density at radius 3 is 2.91 bits per heavy atom. The van der Waals surface area contributed by atoms with E-state index in [9.17, 15) is 4.79 Å². The molecule has 3 aromatic rings. The second kappa shape index (κ2) is 9.58. The van der Waals surface area contributed by atoms with Gasteiger partial charge in [0.1, 0.15) is 23.6 Å². The van der Waals surface area contributed by atoms with Crippen LogP contribution in [0.1, 0.15) is 18.4 Å². The van der Waals surface area contributed by atoms with Crippen LogP contribution >= 0.6 is 0 Å². The van der Waals surface area contributed by atoms with Crippen molar-refractivity contribution in [3.8, 4) is 17.0 Å². The maximum Gasteiger partial charge on any atom is 0.246 e. The van der Waals surface area contributed by atoms with Crippen molar-refractivity contribution in [2.24, 2.45) is 0 Å². The number of carbonyl (C=O) groups excluding carboxylic acids is 1. The number of hydrogen-bond acceptors (Lipinski definition) is 7. The first-order valence-electron chi connectivity index (χ1n) is 11.1. The van der Waals surface area contributed by atoms with Gasteiger partial charge in [0, 0.05) is 24.7 Å². The van der Waals surface area contributed by atoms with Crippen molar-refractivity contribution in [2.75, 3.05) is 40.0 Å². The van der Waals surface area contributed by atoms with E-state index >= 15 is 0 Å². The number of anilines is 1. The molecule has 0 aliphatic carbocycles. The van der Waals surface area contributed by atoms with Crippen molar-refractivity contribution >= 4 is 22.8 Å². The van der Waals surface area contributed by atoms with E-state index in [1.807, 2.05) is 59.8 Å². The summed E-state index contributed by atoms with van der Waals surface area (Å²) in [4.78, 5) is 25.4. The number of nitrogens with two attached hydrogens (primary N) is 1. The Labute approximate surface area is 193 Å². The van der Waals surface area contributed by atoms with E-state index in [1.165, 1.54) is 6.33 Å². The van der Waals surface area contributed by atoms with Gasteiger partial charge in [0.25, 0.3) is 0 Å². The number of benzene rings is 1. The highest BCUT2D eigenvalue weighted by Gasteiger charge is 2.29. The standard InChI is InChI=1S/C24H31N7O2/c1-16-9-10-17(13-19(16)33-4)22-21-23(25)26-15-27-24(21)31(28-22)14-18-7-5-12-30(18)20(32)8-6-11-29(2)3/h6,8-10,13,15,18H,5,7,11-12,14H2,1-4H3,(H2,25,26,27)/b8-6+/t18-/m0/s1. The molecule has 0 radical (unpaired) electrons. The highest BCUT2D eigenvalue weighted by molar-refractivity contribution is 5.98. The molecule has 1 atom stereocenters. The minimum Gasteiger partial charge on any atom is -0.496 e. The van der Waals surface area contributed by atoms with Gasteiger partial charge in [0.05, 0.1) is 25.1 Å². The molecule has 9 nitrogen and oxygen atoms in total. The zero-order valence-electron chi connectivity index (χ0n) is 19.7. The van der Waals surface area contributed by atoms with E-state index in [4.69, 9.17) is 15.6 Å². The van der Waals surface area contributed by atoms with Gasteiger partial charge in [-0.15, -0.1) is 0 Å². The van der Waals surface area contributed by atoms with E-state index in [1.54, 1.807) is 13.2 Å². The molecule has 0 unspecified atom stereocenters. The van der Waals surface area contributed by atoms with Crippen molar-refractivity contribution in [1.82, 2.24) is 29.5 Å². The average Bonchev–Trinajstić information content (AvgIpc) is 3.40. The van der Waals surface area contributed by atoms with E-state index in [0.29, 0.717) is 29.1 Å². The molecule has 1 aliphatic rings. The number of rotatable bonds is 7. The van der Waals surface area contributed by atoms with Gasteiger partial charge in [-0.1, -0.05) is 18.2 Å². The summed E-state index contributed by atoms with van der Waals surface area (Å²) < 4.78 is 7.36. The first kappa shape index (κ1) is 22.7. The Bertz CT molecular complexity index is 1190. The number of aryl methyl sites for hydroxylation is 1. The Kier molecular flexibility index (Phi) is 6.60. The number of ether oxygens (including phenoxy) is 1. The van der Waals surface area contributed by atoms with Gasteiger partial charge in [-0.25, -0.2) is 14.6 Å². The zero-order valence-corrected chi connectivity index (χ0v) is 19.7. The lowest BCUT2D eigenvalue weighted by Gasteiger charge is -2.23. The second-order valence-electron chi connectivity index (χ2n) is 8.66. The van der Waals surface area contributed by atoms with Crippen LogP contribution in [0.15, 0.2) is 36.7 Å². The van der Waals surface area contributed by atoms with E-state index in [0.717, 1.165) is 42.8 Å². The van der Waals surface area contributed by atoms with E-state index in [2.05, 4.69) is 9.97 Å². The van der Waals surface area contributed by atoms with Crippen LogP contribution in [0.3, 0.4) is 0 Å². The Balaban J connectivity index is 1.67. The van der Waals surface area contributed by atoms with Crippen LogP contribution in [-0.4, -0.2) is 75.8 Å². The van der Waals surface area contributed by atoms with Crippen molar-refractivity contribution in [3.63, 3.8) is 0 Å². The van der Waals surface area contributed by atoms with Gasteiger partial charge in [-0.3, -0.25) is 4.79 Å². The molecule has 1 fully saturated rings. The third-order valence-electron chi connectivity index (χ3n) is 6.01. The second-order valence-corrected chi connectivity index (χ2v) is 8.66. The number of amides is 1. The number of aromatic nitrogens is 4. The molecular weight excluding hydrogens is 418 g/mol. The topological polar surface area (TPSA) is 102 Å². The molecule has 1 amide bonds. The van der Waals surface area contributed by atoms with Gasteiger partial charge in [0.15, 0.2) is 5.65 Å². The Hall–Kier alpha value is -3.46. The minimum atomic E-state index is 0.0356. The lowest BCUT2D eigenvalue weighted by molar-refractivity contribution is -0.127. The number of hydrogen-bond donors (Lipinski definition) is 1. The molecule has 1 aliphatic heterocycles. The lowest BCUT2D eigenvalue weighted by atomic mass is 10.1. The van der Waals surface area contributed by atoms with Crippen LogP contribution in [0.4, 0.5) is 5.82 Å². The molecule has 2 aromatic heterocycles. The number of nitrogens with zero attached hydrogens (tertiary/aromatic N) is 6. The first-order chi connectivity index (χ1) is 15.9. The van der Waals surface area contributed by atoms with Crippen molar-refractivity contribution in [2.45, 2.75) is 32.4 Å². The summed E-state index contributed by atoms with van der Waals surface area (Å²) >= 11 is 0. The van der Waals surface area contributed by atoms with Crippen LogP contribution in [0.5, 0.6) is 5.75 Å². The van der Waals surface area contributed by atoms with Crippen molar-refractivity contribution in [1.29, 1.82) is 0 Å². The van der Waals surface area contributed by atoms with Gasteiger partial charge < -0.3 is 20.3 Å². The zero-order chi connectivity index (χ0) is 23.5. The molecule has 2 N–H and O–H groups in total. The minimum absolute atomic E-state index is 0.0356. The number of methoxy groups -OCH3 is 1. The molecule has 174 valence electrons. The van der Waals surface area contributed by atoms with Crippen LogP contribution in [0, 0.1) is 6.92 Å². The summed E-state index contributed by atoms with van der Waals surface area (Å²) in [6.07, 6.45) is 6.91. The fraction of sp³-hybridized carbons (Fsp3) is 0.417. The molecule has 0 bridgehead atoms. The highest BCUT2D eigenvalue weighted by atomic mass is 16.5. The summed E-state index contributed by atoms with van der Waals surface area (Å²) in [5, 5.41) is 5.60. The molecular formula is C24H31N7O2. The van der Waals surface area contributed by atoms with E-state index < -0.39 is 0 Å². The lowest BCUT2D eigenvalue weighted by Crippen LogP contribution is -2.37. The fourth-order valence-electron chi connectivity index (χ4n) is 4.30. The predicted molar refractivity (Wildman–Crippen MR) is 129 cm³/mol. The summed E-state index contributed by atoms with van der Waals surface area (Å²) in [7, 11) is 5.61. The van der Waals surface area contributed by atoms with Gasteiger partial charge in [-0.2, -0.15) is 5.10 Å². The quantitative estimate of drug-likeness (QED) is 0.553. The molecule has 0 spiro atoms. The fourth-order valence-corrected chi connectivity index (χ4v) is 4.30. The maximum absolute atomic E-state index is 12.8. The van der Waals surface area contributed by atoms with Crippen LogP contribution in [0.25, 0.3) is 22.3 Å².